The summed E-state index contributed by atoms with van der Waals surface area (Å²) in [5.41, 5.74) is 0.788. The molecule has 0 unspecified atom stereocenters. The molecule has 22 heavy (non-hydrogen) atoms. The predicted octanol–water partition coefficient (Wildman–Crippen LogP) is 1.73. The number of carbonyl (C=O) groups is 1. The average Bonchev–Trinajstić information content (AvgIpc) is 2.92. The van der Waals surface area contributed by atoms with E-state index in [9.17, 15) is 18.0 Å². The first-order chi connectivity index (χ1) is 10.2. The summed E-state index contributed by atoms with van der Waals surface area (Å²) in [6.07, 6.45) is -3.52. The predicted molar refractivity (Wildman–Crippen MR) is 75.6 cm³/mol. The van der Waals surface area contributed by atoms with E-state index in [1.807, 2.05) is 6.92 Å². The van der Waals surface area contributed by atoms with Gasteiger partial charge < -0.3 is 5.32 Å². The van der Waals surface area contributed by atoms with Crippen molar-refractivity contribution in [3.05, 3.63) is 11.8 Å². The molecule has 1 fully saturated rings. The van der Waals surface area contributed by atoms with Crippen LogP contribution in [-0.4, -0.2) is 53.1 Å². The average molecular weight is 319 g/mol. The zero-order valence-electron chi connectivity index (χ0n) is 12.6. The van der Waals surface area contributed by atoms with Crippen molar-refractivity contribution in [2.45, 2.75) is 19.5 Å². The first-order valence-electron chi connectivity index (χ1n) is 7.07. The van der Waals surface area contributed by atoms with Crippen LogP contribution >= 0.6 is 0 Å². The molecule has 9 heteroatoms. The SMILES string of the molecule is Cc1cc(NC(=O)NC[C@H]2CCN(CC(F)(F)F)C2)n(C)n1. The summed E-state index contributed by atoms with van der Waals surface area (Å²) in [5, 5.41) is 9.46. The summed E-state index contributed by atoms with van der Waals surface area (Å²) in [5.74, 6) is 0.612. The van der Waals surface area contributed by atoms with Crippen molar-refractivity contribution in [1.82, 2.24) is 20.0 Å². The summed E-state index contributed by atoms with van der Waals surface area (Å²) in [4.78, 5) is 13.2. The lowest BCUT2D eigenvalue weighted by Gasteiger charge is -2.18. The van der Waals surface area contributed by atoms with Gasteiger partial charge in [-0.2, -0.15) is 18.3 Å². The minimum Gasteiger partial charge on any atom is -0.338 e. The van der Waals surface area contributed by atoms with Gasteiger partial charge in [0.1, 0.15) is 5.82 Å². The summed E-state index contributed by atoms with van der Waals surface area (Å²) in [7, 11) is 1.72. The topological polar surface area (TPSA) is 62.2 Å². The molecule has 1 aromatic heterocycles. The second-order valence-corrected chi connectivity index (χ2v) is 5.63. The van der Waals surface area contributed by atoms with E-state index in [1.165, 1.54) is 4.90 Å². The summed E-state index contributed by atoms with van der Waals surface area (Å²) < 4.78 is 38.5. The molecule has 2 N–H and O–H groups in total. The minimum atomic E-state index is -4.17. The second-order valence-electron chi connectivity index (χ2n) is 5.63. The summed E-state index contributed by atoms with van der Waals surface area (Å²) in [6, 6.07) is 1.36. The van der Waals surface area contributed by atoms with E-state index in [4.69, 9.17) is 0 Å². The number of amides is 2. The number of nitrogens with one attached hydrogen (secondary N) is 2. The zero-order chi connectivity index (χ0) is 16.3. The number of anilines is 1. The molecule has 0 radical (unpaired) electrons. The number of urea groups is 1. The molecule has 2 rings (SSSR count). The normalized spacial score (nSPS) is 19.4. The van der Waals surface area contributed by atoms with Gasteiger partial charge in [0.05, 0.1) is 12.2 Å². The lowest BCUT2D eigenvalue weighted by Crippen LogP contribution is -2.36. The van der Waals surface area contributed by atoms with Gasteiger partial charge in [0, 0.05) is 26.2 Å². The highest BCUT2D eigenvalue weighted by atomic mass is 19.4. The molecule has 1 aromatic rings. The molecule has 1 aliphatic heterocycles. The largest absolute Gasteiger partial charge is 0.401 e. The number of hydrogen-bond acceptors (Lipinski definition) is 3. The van der Waals surface area contributed by atoms with Gasteiger partial charge in [-0.15, -0.1) is 0 Å². The van der Waals surface area contributed by atoms with E-state index in [0.717, 1.165) is 5.69 Å². The summed E-state index contributed by atoms with van der Waals surface area (Å²) in [6.45, 7) is 2.05. The first kappa shape index (κ1) is 16.6. The molecule has 6 nitrogen and oxygen atoms in total. The number of likely N-dealkylation sites (tertiary alicyclic amines) is 1. The first-order valence-corrected chi connectivity index (χ1v) is 7.07. The van der Waals surface area contributed by atoms with Crippen molar-refractivity contribution in [3.63, 3.8) is 0 Å². The van der Waals surface area contributed by atoms with Gasteiger partial charge in [0.2, 0.25) is 0 Å². The Morgan fingerprint density at radius 3 is 2.82 bits per heavy atom. The minimum absolute atomic E-state index is 0.0429. The highest BCUT2D eigenvalue weighted by Gasteiger charge is 2.34. The van der Waals surface area contributed by atoms with E-state index in [-0.39, 0.29) is 11.9 Å². The number of rotatable bonds is 4. The van der Waals surface area contributed by atoms with Crippen molar-refractivity contribution in [1.29, 1.82) is 0 Å². The highest BCUT2D eigenvalue weighted by Crippen LogP contribution is 2.22. The van der Waals surface area contributed by atoms with Crippen molar-refractivity contribution < 1.29 is 18.0 Å². The molecular formula is C13H20F3N5O. The molecule has 1 saturated heterocycles. The van der Waals surface area contributed by atoms with Crippen LogP contribution < -0.4 is 10.6 Å². The number of halogens is 3. The van der Waals surface area contributed by atoms with Crippen LogP contribution in [0.15, 0.2) is 6.07 Å². The molecule has 0 aliphatic carbocycles. The second kappa shape index (κ2) is 6.55. The molecular weight excluding hydrogens is 299 g/mol. The number of hydrogen-bond donors (Lipinski definition) is 2. The molecule has 2 heterocycles. The third kappa shape index (κ3) is 4.90. The highest BCUT2D eigenvalue weighted by molar-refractivity contribution is 5.88. The fourth-order valence-electron chi connectivity index (χ4n) is 2.60. The lowest BCUT2D eigenvalue weighted by molar-refractivity contribution is -0.143. The van der Waals surface area contributed by atoms with E-state index < -0.39 is 12.7 Å². The van der Waals surface area contributed by atoms with Crippen LogP contribution in [0.25, 0.3) is 0 Å². The smallest absolute Gasteiger partial charge is 0.338 e. The van der Waals surface area contributed by atoms with Crippen LogP contribution in [0.5, 0.6) is 0 Å². The fraction of sp³-hybridized carbons (Fsp3) is 0.692. The molecule has 0 aromatic carbocycles. The van der Waals surface area contributed by atoms with Crippen molar-refractivity contribution in [2.75, 3.05) is 31.5 Å². The Bertz CT molecular complexity index is 528. The molecule has 124 valence electrons. The Labute approximate surface area is 126 Å². The number of nitrogens with zero attached hydrogens (tertiary/aromatic N) is 3. The van der Waals surface area contributed by atoms with Crippen molar-refractivity contribution >= 4 is 11.8 Å². The fourth-order valence-corrected chi connectivity index (χ4v) is 2.60. The van der Waals surface area contributed by atoms with Gasteiger partial charge >= 0.3 is 12.2 Å². The van der Waals surface area contributed by atoms with Crippen molar-refractivity contribution in [3.8, 4) is 0 Å². The monoisotopic (exact) mass is 319 g/mol. The molecule has 2 amide bonds. The van der Waals surface area contributed by atoms with Crippen LogP contribution in [0.4, 0.5) is 23.8 Å². The Morgan fingerprint density at radius 2 is 2.23 bits per heavy atom. The Morgan fingerprint density at radius 1 is 1.50 bits per heavy atom. The van der Waals surface area contributed by atoms with Crippen LogP contribution in [0.3, 0.4) is 0 Å². The zero-order valence-corrected chi connectivity index (χ0v) is 12.6. The maximum atomic E-state index is 12.3. The van der Waals surface area contributed by atoms with Crippen LogP contribution in [0.1, 0.15) is 12.1 Å². The van der Waals surface area contributed by atoms with Crippen LogP contribution in [-0.2, 0) is 7.05 Å². The van der Waals surface area contributed by atoms with E-state index in [2.05, 4.69) is 15.7 Å². The summed E-state index contributed by atoms with van der Waals surface area (Å²) >= 11 is 0. The van der Waals surface area contributed by atoms with E-state index in [0.29, 0.717) is 31.9 Å². The lowest BCUT2D eigenvalue weighted by atomic mass is 10.1. The van der Waals surface area contributed by atoms with Gasteiger partial charge in [0.15, 0.2) is 0 Å². The van der Waals surface area contributed by atoms with Gasteiger partial charge in [-0.05, 0) is 25.8 Å². The Kier molecular flexibility index (Phi) is 4.94. The third-order valence-corrected chi connectivity index (χ3v) is 3.57. The maximum Gasteiger partial charge on any atom is 0.401 e. The van der Waals surface area contributed by atoms with Crippen LogP contribution in [0.2, 0.25) is 0 Å². The third-order valence-electron chi connectivity index (χ3n) is 3.57. The molecule has 0 saturated carbocycles. The number of aromatic nitrogens is 2. The number of alkyl halides is 3. The van der Waals surface area contributed by atoms with E-state index in [1.54, 1.807) is 17.8 Å². The molecule has 0 spiro atoms. The van der Waals surface area contributed by atoms with Gasteiger partial charge in [0.25, 0.3) is 0 Å². The standard InChI is InChI=1S/C13H20F3N5O/c1-9-5-11(20(2)19-9)18-12(22)17-6-10-3-4-21(7-10)8-13(14,15)16/h5,10H,3-4,6-8H2,1-2H3,(H2,17,18,22)/t10-/m1/s1. The number of carbonyl (C=O) groups excluding carboxylic acids is 1. The molecule has 0 bridgehead atoms. The Hall–Kier alpha value is -1.77. The molecule has 1 atom stereocenters. The van der Waals surface area contributed by atoms with Crippen molar-refractivity contribution in [2.24, 2.45) is 13.0 Å². The van der Waals surface area contributed by atoms with Gasteiger partial charge in [-0.25, -0.2) is 4.79 Å². The maximum absolute atomic E-state index is 12.3. The van der Waals surface area contributed by atoms with Crippen LogP contribution in [0, 0.1) is 12.8 Å². The quantitative estimate of drug-likeness (QED) is 0.888. The number of aryl methyl sites for hydroxylation is 2. The molecule has 1 aliphatic rings. The Balaban J connectivity index is 1.72. The van der Waals surface area contributed by atoms with E-state index >= 15 is 0 Å². The van der Waals surface area contributed by atoms with Gasteiger partial charge in [-0.1, -0.05) is 0 Å². The van der Waals surface area contributed by atoms with Gasteiger partial charge in [-0.3, -0.25) is 14.9 Å².